The first-order valence-corrected chi connectivity index (χ1v) is 10.2. The van der Waals surface area contributed by atoms with Crippen molar-refractivity contribution in [3.05, 3.63) is 35.6 Å². The molecule has 8 heteroatoms. The van der Waals surface area contributed by atoms with Crippen LogP contribution in [0.1, 0.15) is 56.4 Å². The predicted octanol–water partition coefficient (Wildman–Crippen LogP) is 2.21. The Labute approximate surface area is 166 Å². The Kier molecular flexibility index (Phi) is 8.88. The van der Waals surface area contributed by atoms with Crippen LogP contribution >= 0.6 is 0 Å². The van der Waals surface area contributed by atoms with Gasteiger partial charge in [-0.05, 0) is 81.7 Å². The molecule has 1 aliphatic rings. The molecule has 5 N–H and O–H groups in total. The molecule has 0 radical (unpaired) electrons. The second-order valence-electron chi connectivity index (χ2n) is 7.96. The predicted molar refractivity (Wildman–Crippen MR) is 107 cm³/mol. The van der Waals surface area contributed by atoms with E-state index in [9.17, 15) is 14.3 Å². The molecule has 0 amide bonds. The van der Waals surface area contributed by atoms with Gasteiger partial charge in [0.25, 0.3) is 0 Å². The van der Waals surface area contributed by atoms with Crippen LogP contribution in [0.25, 0.3) is 0 Å². The number of nitrogens with two attached hydrogens (primary N) is 1. The number of rotatable bonds is 11. The SMILES string of the molecule is NC(CCCCB(O)O)(CCCN1CCC(c2ccc(F)cc2)CC1)C(=O)O. The van der Waals surface area contributed by atoms with Gasteiger partial charge in [0.15, 0.2) is 0 Å². The number of aliphatic carboxylic acids is 1. The summed E-state index contributed by atoms with van der Waals surface area (Å²) in [5.41, 5.74) is 6.03. The second kappa shape index (κ2) is 10.9. The Bertz CT molecular complexity index is 609. The van der Waals surface area contributed by atoms with Gasteiger partial charge < -0.3 is 25.8 Å². The number of carboxylic acid groups (broad SMARTS) is 1. The lowest BCUT2D eigenvalue weighted by atomic mass is 9.81. The van der Waals surface area contributed by atoms with E-state index in [1.165, 1.54) is 17.7 Å². The zero-order chi connectivity index (χ0) is 20.6. The third kappa shape index (κ3) is 7.16. The molecule has 28 heavy (non-hydrogen) atoms. The molecule has 1 aromatic rings. The molecule has 0 bridgehead atoms. The third-order valence-corrected chi connectivity index (χ3v) is 5.79. The number of hydrogen-bond acceptors (Lipinski definition) is 5. The number of piperidine rings is 1. The number of likely N-dealkylation sites (tertiary alicyclic amines) is 1. The first-order valence-electron chi connectivity index (χ1n) is 10.2. The molecule has 0 aliphatic carbocycles. The molecule has 2 rings (SSSR count). The minimum atomic E-state index is -1.35. The average molecular weight is 394 g/mol. The Morgan fingerprint density at radius 1 is 1.14 bits per heavy atom. The van der Waals surface area contributed by atoms with Crippen molar-refractivity contribution in [1.29, 1.82) is 0 Å². The zero-order valence-electron chi connectivity index (χ0n) is 16.4. The van der Waals surface area contributed by atoms with Crippen LogP contribution in [0.2, 0.25) is 6.32 Å². The van der Waals surface area contributed by atoms with E-state index < -0.39 is 18.6 Å². The van der Waals surface area contributed by atoms with Gasteiger partial charge >= 0.3 is 13.1 Å². The number of carboxylic acids is 1. The van der Waals surface area contributed by atoms with Gasteiger partial charge in [0.1, 0.15) is 11.4 Å². The van der Waals surface area contributed by atoms with Crippen LogP contribution in [-0.4, -0.2) is 58.3 Å². The van der Waals surface area contributed by atoms with Crippen molar-refractivity contribution in [3.8, 4) is 0 Å². The molecule has 1 aliphatic heterocycles. The van der Waals surface area contributed by atoms with E-state index in [2.05, 4.69) is 4.90 Å². The molecule has 0 aromatic heterocycles. The van der Waals surface area contributed by atoms with E-state index >= 15 is 0 Å². The maximum atomic E-state index is 13.1. The summed E-state index contributed by atoms with van der Waals surface area (Å²) in [4.78, 5) is 13.9. The fourth-order valence-corrected chi connectivity index (χ4v) is 3.95. The molecule has 1 saturated heterocycles. The van der Waals surface area contributed by atoms with Crippen molar-refractivity contribution >= 4 is 13.1 Å². The van der Waals surface area contributed by atoms with Gasteiger partial charge in [0.2, 0.25) is 0 Å². The monoisotopic (exact) mass is 394 g/mol. The molecule has 0 spiro atoms. The highest BCUT2D eigenvalue weighted by Gasteiger charge is 2.33. The van der Waals surface area contributed by atoms with Gasteiger partial charge in [0.05, 0.1) is 0 Å². The molecular weight excluding hydrogens is 362 g/mol. The van der Waals surface area contributed by atoms with Crippen LogP contribution in [-0.2, 0) is 4.79 Å². The van der Waals surface area contributed by atoms with Gasteiger partial charge in [-0.15, -0.1) is 0 Å². The average Bonchev–Trinajstić information content (AvgIpc) is 2.66. The summed E-state index contributed by atoms with van der Waals surface area (Å²) in [6.07, 6.45) is 4.82. The van der Waals surface area contributed by atoms with Crippen LogP contribution in [0, 0.1) is 5.82 Å². The molecule has 1 fully saturated rings. The fourth-order valence-electron chi connectivity index (χ4n) is 3.95. The molecule has 1 heterocycles. The maximum absolute atomic E-state index is 13.1. The minimum Gasteiger partial charge on any atom is -0.480 e. The normalized spacial score (nSPS) is 18.0. The Morgan fingerprint density at radius 3 is 2.32 bits per heavy atom. The van der Waals surface area contributed by atoms with Crippen molar-refractivity contribution in [2.75, 3.05) is 19.6 Å². The Morgan fingerprint density at radius 2 is 1.75 bits per heavy atom. The van der Waals surface area contributed by atoms with E-state index in [0.717, 1.165) is 32.5 Å². The number of nitrogens with zero attached hydrogens (tertiary/aromatic N) is 1. The van der Waals surface area contributed by atoms with E-state index in [1.807, 2.05) is 12.1 Å². The summed E-state index contributed by atoms with van der Waals surface area (Å²) >= 11 is 0. The van der Waals surface area contributed by atoms with Gasteiger partial charge in [-0.1, -0.05) is 25.0 Å². The summed E-state index contributed by atoms with van der Waals surface area (Å²) in [6, 6.07) is 6.74. The highest BCUT2D eigenvalue weighted by atomic mass is 19.1. The van der Waals surface area contributed by atoms with E-state index in [1.54, 1.807) is 0 Å². The van der Waals surface area contributed by atoms with Gasteiger partial charge in [-0.2, -0.15) is 0 Å². The lowest BCUT2D eigenvalue weighted by Crippen LogP contribution is -2.48. The first kappa shape index (κ1) is 22.8. The highest BCUT2D eigenvalue weighted by Crippen LogP contribution is 2.28. The molecule has 1 aromatic carbocycles. The van der Waals surface area contributed by atoms with Crippen LogP contribution < -0.4 is 5.73 Å². The van der Waals surface area contributed by atoms with Crippen LogP contribution in [0.3, 0.4) is 0 Å². The number of benzene rings is 1. The molecular formula is C20H32BFN2O4. The molecule has 6 nitrogen and oxygen atoms in total. The number of unbranched alkanes of at least 4 members (excludes halogenated alkanes) is 1. The summed E-state index contributed by atoms with van der Waals surface area (Å²) < 4.78 is 13.1. The van der Waals surface area contributed by atoms with Crippen LogP contribution in [0.15, 0.2) is 24.3 Å². The van der Waals surface area contributed by atoms with Gasteiger partial charge in [-0.3, -0.25) is 4.79 Å². The smallest absolute Gasteiger partial charge is 0.451 e. The summed E-state index contributed by atoms with van der Waals surface area (Å²) in [7, 11) is -1.35. The largest absolute Gasteiger partial charge is 0.480 e. The maximum Gasteiger partial charge on any atom is 0.451 e. The summed E-state index contributed by atoms with van der Waals surface area (Å²) in [5.74, 6) is -0.754. The van der Waals surface area contributed by atoms with Crippen LogP contribution in [0.5, 0.6) is 0 Å². The number of hydrogen-bond donors (Lipinski definition) is 4. The molecule has 156 valence electrons. The highest BCUT2D eigenvalue weighted by molar-refractivity contribution is 6.40. The minimum absolute atomic E-state index is 0.211. The standard InChI is InChI=1S/C20H32BFN2O4/c22-18-6-4-16(5-7-18)17-8-14-24(15-9-17)13-3-11-20(23,19(25)26)10-1-2-12-21(27)28/h4-7,17,27-28H,1-3,8-15,23H2,(H,25,26). The quantitative estimate of drug-likeness (QED) is 0.339. The van der Waals surface area contributed by atoms with Crippen molar-refractivity contribution in [2.45, 2.75) is 62.7 Å². The van der Waals surface area contributed by atoms with E-state index in [0.29, 0.717) is 38.0 Å². The summed E-state index contributed by atoms with van der Waals surface area (Å²) in [6.45, 7) is 2.71. The van der Waals surface area contributed by atoms with E-state index in [-0.39, 0.29) is 12.1 Å². The first-order chi connectivity index (χ1) is 13.3. The Hall–Kier alpha value is -1.48. The van der Waals surface area contributed by atoms with Crippen molar-refractivity contribution < 1.29 is 24.3 Å². The lowest BCUT2D eigenvalue weighted by Gasteiger charge is -2.33. The van der Waals surface area contributed by atoms with E-state index in [4.69, 9.17) is 15.8 Å². The summed E-state index contributed by atoms with van der Waals surface area (Å²) in [5, 5.41) is 27.2. The third-order valence-electron chi connectivity index (χ3n) is 5.79. The lowest BCUT2D eigenvalue weighted by molar-refractivity contribution is -0.144. The van der Waals surface area contributed by atoms with Crippen molar-refractivity contribution in [2.24, 2.45) is 5.73 Å². The molecule has 1 atom stereocenters. The molecule has 0 saturated carbocycles. The van der Waals surface area contributed by atoms with Crippen LogP contribution in [0.4, 0.5) is 4.39 Å². The van der Waals surface area contributed by atoms with Gasteiger partial charge in [-0.25, -0.2) is 4.39 Å². The number of carbonyl (C=O) groups is 1. The Balaban J connectivity index is 1.71. The topological polar surface area (TPSA) is 107 Å². The second-order valence-corrected chi connectivity index (χ2v) is 7.96. The van der Waals surface area contributed by atoms with Crippen molar-refractivity contribution in [1.82, 2.24) is 4.90 Å². The number of halogens is 1. The zero-order valence-corrected chi connectivity index (χ0v) is 16.4. The fraction of sp³-hybridized carbons (Fsp3) is 0.650. The van der Waals surface area contributed by atoms with Gasteiger partial charge in [0, 0.05) is 0 Å². The molecule has 1 unspecified atom stereocenters. The van der Waals surface area contributed by atoms with Crippen molar-refractivity contribution in [3.63, 3.8) is 0 Å².